The molecular weight excluding hydrogens is 424 g/mol. The van der Waals surface area contributed by atoms with Crippen molar-refractivity contribution < 1.29 is 4.79 Å². The van der Waals surface area contributed by atoms with Crippen molar-refractivity contribution in [2.45, 2.75) is 13.8 Å². The molecule has 5 aromatic rings. The Balaban J connectivity index is 1.60. The number of pyridine rings is 1. The highest BCUT2D eigenvalue weighted by Gasteiger charge is 2.15. The van der Waals surface area contributed by atoms with Crippen LogP contribution >= 0.6 is 11.6 Å². The summed E-state index contributed by atoms with van der Waals surface area (Å²) in [6.45, 7) is 3.97. The van der Waals surface area contributed by atoms with E-state index in [0.717, 1.165) is 16.8 Å². The van der Waals surface area contributed by atoms with Gasteiger partial charge in [0.25, 0.3) is 11.5 Å². The fourth-order valence-electron chi connectivity index (χ4n) is 3.82. The summed E-state index contributed by atoms with van der Waals surface area (Å²) in [4.78, 5) is 30.3. The van der Waals surface area contributed by atoms with Crippen LogP contribution in [-0.2, 0) is 0 Å². The molecule has 0 atom stereocenters. The smallest absolute Gasteiger partial charge is 0.280 e. The molecule has 7 heteroatoms. The normalized spacial score (nSPS) is 11.2. The van der Waals surface area contributed by atoms with Crippen molar-refractivity contribution in [3.8, 4) is 5.69 Å². The van der Waals surface area contributed by atoms with E-state index in [4.69, 9.17) is 11.6 Å². The lowest BCUT2D eigenvalue weighted by molar-refractivity contribution is 0.102. The van der Waals surface area contributed by atoms with E-state index in [2.05, 4.69) is 15.4 Å². The SMILES string of the molecule is Cc1ccc(NC(=O)c2ccc3ncc4c(=O)n(-c5ccc(Cl)cc5)[nH]c4c3c2)c(C)c1. The van der Waals surface area contributed by atoms with Gasteiger partial charge in [0.1, 0.15) is 0 Å². The molecule has 158 valence electrons. The van der Waals surface area contributed by atoms with Crippen LogP contribution in [0.2, 0.25) is 5.02 Å². The minimum Gasteiger partial charge on any atom is -0.322 e. The molecule has 0 bridgehead atoms. The van der Waals surface area contributed by atoms with Crippen LogP contribution in [0.3, 0.4) is 0 Å². The molecule has 0 saturated carbocycles. The third-order valence-corrected chi connectivity index (χ3v) is 5.75. The number of fused-ring (bicyclic) bond motifs is 3. The maximum atomic E-state index is 13.0. The van der Waals surface area contributed by atoms with Gasteiger partial charge in [0.2, 0.25) is 0 Å². The number of amides is 1. The van der Waals surface area contributed by atoms with Crippen molar-refractivity contribution in [3.63, 3.8) is 0 Å². The predicted molar refractivity (Wildman–Crippen MR) is 128 cm³/mol. The Bertz CT molecular complexity index is 1570. The number of aromatic amines is 1. The number of aryl methyl sites for hydroxylation is 2. The Labute approximate surface area is 188 Å². The van der Waals surface area contributed by atoms with E-state index < -0.39 is 0 Å². The number of benzene rings is 3. The number of H-pyrrole nitrogens is 1. The summed E-state index contributed by atoms with van der Waals surface area (Å²) in [6, 6.07) is 18.1. The fraction of sp³-hybridized carbons (Fsp3) is 0.0800. The molecule has 32 heavy (non-hydrogen) atoms. The second kappa shape index (κ2) is 7.66. The van der Waals surface area contributed by atoms with Crippen LogP contribution in [-0.4, -0.2) is 20.7 Å². The first-order valence-electron chi connectivity index (χ1n) is 10.1. The van der Waals surface area contributed by atoms with Gasteiger partial charge in [-0.1, -0.05) is 29.3 Å². The first-order valence-corrected chi connectivity index (χ1v) is 10.5. The highest BCUT2D eigenvalue weighted by Crippen LogP contribution is 2.24. The number of aromatic nitrogens is 3. The molecule has 2 heterocycles. The van der Waals surface area contributed by atoms with Gasteiger partial charge in [0, 0.05) is 27.9 Å². The highest BCUT2D eigenvalue weighted by molar-refractivity contribution is 6.30. The highest BCUT2D eigenvalue weighted by atomic mass is 35.5. The van der Waals surface area contributed by atoms with Gasteiger partial charge in [0.05, 0.1) is 22.1 Å². The van der Waals surface area contributed by atoms with Crippen molar-refractivity contribution in [2.24, 2.45) is 0 Å². The standard InChI is InChI=1S/C25H19ClN4O2/c1-14-3-9-21(15(2)11-14)28-24(31)16-4-10-22-19(12-16)23-20(13-27-22)25(32)30(29-23)18-7-5-17(26)6-8-18/h3-13,29H,1-2H3,(H,28,31). The molecule has 0 unspecified atom stereocenters. The number of nitrogens with one attached hydrogen (secondary N) is 2. The lowest BCUT2D eigenvalue weighted by Crippen LogP contribution is -2.14. The number of rotatable bonds is 3. The minimum absolute atomic E-state index is 0.221. The first-order chi connectivity index (χ1) is 15.4. The van der Waals surface area contributed by atoms with Crippen LogP contribution in [0, 0.1) is 13.8 Å². The number of hydrogen-bond donors (Lipinski definition) is 2. The number of anilines is 1. The Morgan fingerprint density at radius 1 is 1.00 bits per heavy atom. The molecule has 3 aromatic carbocycles. The van der Waals surface area contributed by atoms with Gasteiger partial charge in [0.15, 0.2) is 0 Å². The summed E-state index contributed by atoms with van der Waals surface area (Å²) >= 11 is 5.97. The summed E-state index contributed by atoms with van der Waals surface area (Å²) in [7, 11) is 0. The van der Waals surface area contributed by atoms with Crippen molar-refractivity contribution >= 4 is 45.0 Å². The first kappa shape index (κ1) is 20.0. The Morgan fingerprint density at radius 2 is 1.78 bits per heavy atom. The van der Waals surface area contributed by atoms with E-state index in [0.29, 0.717) is 38.1 Å². The van der Waals surface area contributed by atoms with Crippen molar-refractivity contribution in [2.75, 3.05) is 5.32 Å². The molecule has 5 rings (SSSR count). The molecule has 0 radical (unpaired) electrons. The number of hydrogen-bond acceptors (Lipinski definition) is 3. The number of nitrogens with zero attached hydrogens (tertiary/aromatic N) is 2. The van der Waals surface area contributed by atoms with Crippen LogP contribution in [0.5, 0.6) is 0 Å². The summed E-state index contributed by atoms with van der Waals surface area (Å²) in [5.41, 5.74) is 5.11. The molecule has 2 aromatic heterocycles. The van der Waals surface area contributed by atoms with Crippen molar-refractivity contribution in [1.29, 1.82) is 0 Å². The zero-order valence-electron chi connectivity index (χ0n) is 17.4. The molecule has 0 aliphatic heterocycles. The minimum atomic E-state index is -0.227. The maximum Gasteiger partial charge on any atom is 0.280 e. The average Bonchev–Trinajstić information content (AvgIpc) is 3.12. The molecule has 0 spiro atoms. The van der Waals surface area contributed by atoms with Gasteiger partial charge in [-0.25, -0.2) is 4.68 Å². The topological polar surface area (TPSA) is 79.8 Å². The quantitative estimate of drug-likeness (QED) is 0.393. The van der Waals surface area contributed by atoms with Crippen molar-refractivity contribution in [1.82, 2.24) is 14.8 Å². The molecule has 2 N–H and O–H groups in total. The zero-order valence-corrected chi connectivity index (χ0v) is 18.2. The molecule has 1 amide bonds. The second-order valence-electron chi connectivity index (χ2n) is 7.78. The number of carbonyl (C=O) groups excluding carboxylic acids is 1. The van der Waals surface area contributed by atoms with Crippen LogP contribution in [0.25, 0.3) is 27.5 Å². The van der Waals surface area contributed by atoms with Crippen LogP contribution in [0.4, 0.5) is 5.69 Å². The van der Waals surface area contributed by atoms with Gasteiger partial charge in [-0.15, -0.1) is 0 Å². The Morgan fingerprint density at radius 3 is 2.53 bits per heavy atom. The van der Waals surface area contributed by atoms with E-state index >= 15 is 0 Å². The third-order valence-electron chi connectivity index (χ3n) is 5.50. The predicted octanol–water partition coefficient (Wildman–Crippen LogP) is 5.39. The van der Waals surface area contributed by atoms with Crippen LogP contribution < -0.4 is 10.9 Å². The molecular formula is C25H19ClN4O2. The summed E-state index contributed by atoms with van der Waals surface area (Å²) in [5.74, 6) is -0.227. The number of carbonyl (C=O) groups is 1. The summed E-state index contributed by atoms with van der Waals surface area (Å²) < 4.78 is 1.45. The Hall–Kier alpha value is -3.90. The van der Waals surface area contributed by atoms with Gasteiger partial charge < -0.3 is 5.32 Å². The maximum absolute atomic E-state index is 13.0. The largest absolute Gasteiger partial charge is 0.322 e. The lowest BCUT2D eigenvalue weighted by atomic mass is 10.1. The second-order valence-corrected chi connectivity index (χ2v) is 8.22. The monoisotopic (exact) mass is 442 g/mol. The zero-order chi connectivity index (χ0) is 22.4. The molecule has 0 fully saturated rings. The van der Waals surface area contributed by atoms with Gasteiger partial charge >= 0.3 is 0 Å². The third kappa shape index (κ3) is 3.44. The van der Waals surface area contributed by atoms with Gasteiger partial charge in [-0.2, -0.15) is 0 Å². The molecule has 0 aliphatic carbocycles. The molecule has 0 aliphatic rings. The van der Waals surface area contributed by atoms with E-state index in [1.54, 1.807) is 48.7 Å². The molecule has 6 nitrogen and oxygen atoms in total. The van der Waals surface area contributed by atoms with E-state index in [1.807, 2.05) is 32.0 Å². The molecule has 0 saturated heterocycles. The van der Waals surface area contributed by atoms with E-state index in [-0.39, 0.29) is 11.5 Å². The van der Waals surface area contributed by atoms with E-state index in [1.165, 1.54) is 4.68 Å². The summed E-state index contributed by atoms with van der Waals surface area (Å²) in [6.07, 6.45) is 1.55. The Kier molecular flexibility index (Phi) is 4.79. The average molecular weight is 443 g/mol. The fourth-order valence-corrected chi connectivity index (χ4v) is 3.95. The summed E-state index contributed by atoms with van der Waals surface area (Å²) in [5, 5.41) is 7.85. The van der Waals surface area contributed by atoms with E-state index in [9.17, 15) is 9.59 Å². The van der Waals surface area contributed by atoms with Crippen LogP contribution in [0.1, 0.15) is 21.5 Å². The van der Waals surface area contributed by atoms with Crippen molar-refractivity contribution in [3.05, 3.63) is 98.9 Å². The number of halogens is 1. The lowest BCUT2D eigenvalue weighted by Gasteiger charge is -2.10. The van der Waals surface area contributed by atoms with Crippen LogP contribution in [0.15, 0.2) is 71.7 Å². The van der Waals surface area contributed by atoms with Gasteiger partial charge in [-0.3, -0.25) is 19.7 Å². The van der Waals surface area contributed by atoms with Gasteiger partial charge in [-0.05, 0) is 67.9 Å².